The first-order valence-corrected chi connectivity index (χ1v) is 8.61. The SMILES string of the molecule is Cc1cccc(S(=O)(=O)NCc2sccc2C#CCO)c1. The molecule has 0 spiro atoms. The first-order chi connectivity index (χ1) is 10.0. The Morgan fingerprint density at radius 1 is 1.33 bits per heavy atom. The molecule has 1 heterocycles. The molecule has 0 aliphatic carbocycles. The summed E-state index contributed by atoms with van der Waals surface area (Å²) >= 11 is 1.43. The number of aliphatic hydroxyl groups is 1. The molecule has 21 heavy (non-hydrogen) atoms. The first kappa shape index (κ1) is 15.7. The summed E-state index contributed by atoms with van der Waals surface area (Å²) in [7, 11) is -3.54. The lowest BCUT2D eigenvalue weighted by Crippen LogP contribution is -2.23. The predicted octanol–water partition coefficient (Wildman–Crippen LogP) is 1.88. The lowest BCUT2D eigenvalue weighted by molar-refractivity contribution is 0.350. The molecule has 110 valence electrons. The minimum absolute atomic E-state index is 0.184. The largest absolute Gasteiger partial charge is 0.384 e. The van der Waals surface area contributed by atoms with E-state index in [2.05, 4.69) is 16.6 Å². The van der Waals surface area contributed by atoms with Crippen LogP contribution in [0.3, 0.4) is 0 Å². The molecule has 0 saturated heterocycles. The third-order valence-corrected chi connectivity index (χ3v) is 5.09. The summed E-state index contributed by atoms with van der Waals surface area (Å²) in [6, 6.07) is 8.57. The Balaban J connectivity index is 2.14. The van der Waals surface area contributed by atoms with Crippen molar-refractivity contribution in [3.8, 4) is 11.8 Å². The van der Waals surface area contributed by atoms with Gasteiger partial charge in [0.15, 0.2) is 0 Å². The van der Waals surface area contributed by atoms with E-state index in [0.29, 0.717) is 0 Å². The Morgan fingerprint density at radius 3 is 2.86 bits per heavy atom. The molecule has 2 rings (SSSR count). The van der Waals surface area contributed by atoms with Crippen LogP contribution in [0.2, 0.25) is 0 Å². The fourth-order valence-corrected chi connectivity index (χ4v) is 3.71. The second-order valence-electron chi connectivity index (χ2n) is 4.36. The summed E-state index contributed by atoms with van der Waals surface area (Å²) in [5.41, 5.74) is 1.63. The van der Waals surface area contributed by atoms with Gasteiger partial charge in [0.05, 0.1) is 4.90 Å². The number of aliphatic hydroxyl groups excluding tert-OH is 1. The van der Waals surface area contributed by atoms with Gasteiger partial charge < -0.3 is 5.11 Å². The second-order valence-corrected chi connectivity index (χ2v) is 7.13. The molecular formula is C15H15NO3S2. The van der Waals surface area contributed by atoms with Crippen LogP contribution in [0.1, 0.15) is 16.0 Å². The van der Waals surface area contributed by atoms with E-state index in [1.165, 1.54) is 11.3 Å². The number of benzene rings is 1. The summed E-state index contributed by atoms with van der Waals surface area (Å²) in [5, 5.41) is 10.6. The van der Waals surface area contributed by atoms with Crippen molar-refractivity contribution < 1.29 is 13.5 Å². The van der Waals surface area contributed by atoms with Crippen LogP contribution >= 0.6 is 11.3 Å². The van der Waals surface area contributed by atoms with Crippen molar-refractivity contribution in [3.05, 3.63) is 51.7 Å². The van der Waals surface area contributed by atoms with Crippen molar-refractivity contribution in [3.63, 3.8) is 0 Å². The second kappa shape index (κ2) is 6.87. The van der Waals surface area contributed by atoms with Gasteiger partial charge in [-0.3, -0.25) is 0 Å². The van der Waals surface area contributed by atoms with Crippen LogP contribution in [0.5, 0.6) is 0 Å². The molecule has 4 nitrogen and oxygen atoms in total. The standard InChI is InChI=1S/C15H15NO3S2/c1-12-4-2-6-14(10-12)21(18,19)16-11-15-13(5-3-8-17)7-9-20-15/h2,4,6-7,9-10,16-17H,8,11H2,1H3. The maximum Gasteiger partial charge on any atom is 0.240 e. The minimum Gasteiger partial charge on any atom is -0.384 e. The number of sulfonamides is 1. The van der Waals surface area contributed by atoms with E-state index in [9.17, 15) is 8.42 Å². The lowest BCUT2D eigenvalue weighted by atomic mass is 10.2. The van der Waals surface area contributed by atoms with Gasteiger partial charge in [0.1, 0.15) is 6.61 Å². The highest BCUT2D eigenvalue weighted by Crippen LogP contribution is 2.17. The average Bonchev–Trinajstić information content (AvgIpc) is 2.90. The predicted molar refractivity (Wildman–Crippen MR) is 83.5 cm³/mol. The molecular weight excluding hydrogens is 306 g/mol. The summed E-state index contributed by atoms with van der Waals surface area (Å²) in [5.74, 6) is 5.37. The number of nitrogens with one attached hydrogen (secondary N) is 1. The van der Waals surface area contributed by atoms with Crippen molar-refractivity contribution in [2.75, 3.05) is 6.61 Å². The molecule has 1 aromatic carbocycles. The highest BCUT2D eigenvalue weighted by Gasteiger charge is 2.14. The van der Waals surface area contributed by atoms with Crippen LogP contribution in [0.15, 0.2) is 40.6 Å². The maximum absolute atomic E-state index is 12.2. The monoisotopic (exact) mass is 321 g/mol. The topological polar surface area (TPSA) is 66.4 Å². The van der Waals surface area contributed by atoms with E-state index in [4.69, 9.17) is 5.11 Å². The summed E-state index contributed by atoms with van der Waals surface area (Å²) in [6.07, 6.45) is 0. The van der Waals surface area contributed by atoms with Crippen molar-refractivity contribution in [1.82, 2.24) is 4.72 Å². The molecule has 0 aliphatic heterocycles. The zero-order valence-electron chi connectivity index (χ0n) is 11.5. The van der Waals surface area contributed by atoms with Crippen LogP contribution in [0, 0.1) is 18.8 Å². The quantitative estimate of drug-likeness (QED) is 0.845. The van der Waals surface area contributed by atoms with E-state index in [0.717, 1.165) is 16.0 Å². The lowest BCUT2D eigenvalue weighted by Gasteiger charge is -2.06. The van der Waals surface area contributed by atoms with Gasteiger partial charge >= 0.3 is 0 Å². The van der Waals surface area contributed by atoms with Crippen molar-refractivity contribution in [2.24, 2.45) is 0 Å². The molecule has 6 heteroatoms. The molecule has 1 aromatic heterocycles. The Morgan fingerprint density at radius 2 is 2.14 bits per heavy atom. The van der Waals surface area contributed by atoms with E-state index < -0.39 is 10.0 Å². The number of thiophene rings is 1. The Bertz CT molecular complexity index is 782. The van der Waals surface area contributed by atoms with Gasteiger partial charge in [-0.2, -0.15) is 0 Å². The highest BCUT2D eigenvalue weighted by molar-refractivity contribution is 7.89. The van der Waals surface area contributed by atoms with Crippen LogP contribution in [-0.4, -0.2) is 20.1 Å². The fraction of sp³-hybridized carbons (Fsp3) is 0.200. The Kier molecular flexibility index (Phi) is 5.15. The molecule has 0 amide bonds. The molecule has 0 atom stereocenters. The average molecular weight is 321 g/mol. The van der Waals surface area contributed by atoms with Gasteiger partial charge in [-0.1, -0.05) is 24.0 Å². The third-order valence-electron chi connectivity index (χ3n) is 2.77. The molecule has 0 fully saturated rings. The van der Waals surface area contributed by atoms with Crippen LogP contribution < -0.4 is 4.72 Å². The zero-order valence-corrected chi connectivity index (χ0v) is 13.1. The fourth-order valence-electron chi connectivity index (χ4n) is 1.75. The molecule has 0 aliphatic rings. The van der Waals surface area contributed by atoms with Crippen LogP contribution in [0.4, 0.5) is 0 Å². The van der Waals surface area contributed by atoms with Crippen molar-refractivity contribution >= 4 is 21.4 Å². The summed E-state index contributed by atoms with van der Waals surface area (Å²) in [4.78, 5) is 1.08. The minimum atomic E-state index is -3.54. The number of rotatable bonds is 4. The van der Waals surface area contributed by atoms with Crippen LogP contribution in [-0.2, 0) is 16.6 Å². The van der Waals surface area contributed by atoms with Crippen molar-refractivity contribution in [2.45, 2.75) is 18.4 Å². The maximum atomic E-state index is 12.2. The highest BCUT2D eigenvalue weighted by atomic mass is 32.2. The summed E-state index contributed by atoms with van der Waals surface area (Å²) in [6.45, 7) is 1.81. The Labute approximate surface area is 128 Å². The zero-order chi connectivity index (χ0) is 15.3. The molecule has 0 bridgehead atoms. The molecule has 0 saturated carbocycles. The smallest absolute Gasteiger partial charge is 0.240 e. The van der Waals surface area contributed by atoms with E-state index in [-0.39, 0.29) is 18.0 Å². The molecule has 2 N–H and O–H groups in total. The van der Waals surface area contributed by atoms with Crippen LogP contribution in [0.25, 0.3) is 0 Å². The Hall–Kier alpha value is -1.65. The number of hydrogen-bond acceptors (Lipinski definition) is 4. The van der Waals surface area contributed by atoms with E-state index in [1.54, 1.807) is 18.2 Å². The third kappa shape index (κ3) is 4.16. The van der Waals surface area contributed by atoms with Gasteiger partial charge in [-0.15, -0.1) is 11.3 Å². The van der Waals surface area contributed by atoms with E-state index >= 15 is 0 Å². The number of aryl methyl sites for hydroxylation is 1. The van der Waals surface area contributed by atoms with Gasteiger partial charge in [0.25, 0.3) is 0 Å². The van der Waals surface area contributed by atoms with Gasteiger partial charge in [0, 0.05) is 17.0 Å². The summed E-state index contributed by atoms with van der Waals surface area (Å²) < 4.78 is 27.0. The van der Waals surface area contributed by atoms with Gasteiger partial charge in [-0.05, 0) is 36.1 Å². The van der Waals surface area contributed by atoms with Crippen molar-refractivity contribution in [1.29, 1.82) is 0 Å². The van der Waals surface area contributed by atoms with Gasteiger partial charge in [-0.25, -0.2) is 13.1 Å². The first-order valence-electron chi connectivity index (χ1n) is 6.25. The molecule has 2 aromatic rings. The number of hydrogen-bond donors (Lipinski definition) is 2. The van der Waals surface area contributed by atoms with Gasteiger partial charge in [0.2, 0.25) is 10.0 Å². The normalized spacial score (nSPS) is 11.0. The molecule has 0 unspecified atom stereocenters. The van der Waals surface area contributed by atoms with E-state index in [1.807, 2.05) is 24.4 Å². The molecule has 0 radical (unpaired) electrons.